The third kappa shape index (κ3) is 3.39. The summed E-state index contributed by atoms with van der Waals surface area (Å²) in [6, 6.07) is 3.64. The van der Waals surface area contributed by atoms with E-state index in [1.807, 2.05) is 13.8 Å². The first-order valence-corrected chi connectivity index (χ1v) is 7.26. The summed E-state index contributed by atoms with van der Waals surface area (Å²) in [6.07, 6.45) is 0.453. The molecule has 0 aliphatic heterocycles. The van der Waals surface area contributed by atoms with Gasteiger partial charge < -0.3 is 5.32 Å². The Morgan fingerprint density at radius 1 is 1.26 bits per heavy atom. The summed E-state index contributed by atoms with van der Waals surface area (Å²) in [6.45, 7) is 4.84. The molecule has 4 heteroatoms. The molecule has 19 heavy (non-hydrogen) atoms. The second kappa shape index (κ2) is 6.26. The predicted octanol–water partition coefficient (Wildman–Crippen LogP) is 4.23. The van der Waals surface area contributed by atoms with Crippen LogP contribution in [0, 0.1) is 18.6 Å². The lowest BCUT2D eigenvalue weighted by Crippen LogP contribution is -2.23. The van der Waals surface area contributed by atoms with Gasteiger partial charge in [-0.1, -0.05) is 6.92 Å². The molecule has 0 aliphatic rings. The monoisotopic (exact) mass is 281 g/mol. The summed E-state index contributed by atoms with van der Waals surface area (Å²) in [5.74, 6) is -0.745. The van der Waals surface area contributed by atoms with Gasteiger partial charge in [0.15, 0.2) is 0 Å². The van der Waals surface area contributed by atoms with Crippen LogP contribution in [0.5, 0.6) is 0 Å². The molecule has 0 saturated carbocycles. The van der Waals surface area contributed by atoms with Crippen molar-refractivity contribution in [3.8, 4) is 0 Å². The molecule has 1 atom stereocenters. The van der Waals surface area contributed by atoms with Crippen LogP contribution in [-0.4, -0.2) is 6.54 Å². The molecule has 0 saturated heterocycles. The molecule has 0 spiro atoms. The lowest BCUT2D eigenvalue weighted by Gasteiger charge is -2.18. The van der Waals surface area contributed by atoms with Crippen molar-refractivity contribution in [3.63, 3.8) is 0 Å². The van der Waals surface area contributed by atoms with E-state index in [1.165, 1.54) is 17.7 Å². The quantitative estimate of drug-likeness (QED) is 0.865. The second-order valence-corrected chi connectivity index (χ2v) is 5.30. The van der Waals surface area contributed by atoms with Crippen LogP contribution in [0.1, 0.15) is 29.7 Å². The minimum Gasteiger partial charge on any atom is -0.310 e. The van der Waals surface area contributed by atoms with Crippen LogP contribution in [0.15, 0.2) is 29.0 Å². The van der Waals surface area contributed by atoms with Gasteiger partial charge >= 0.3 is 0 Å². The van der Waals surface area contributed by atoms with Crippen molar-refractivity contribution in [3.05, 3.63) is 57.3 Å². The molecule has 2 rings (SSSR count). The predicted molar refractivity (Wildman–Crippen MR) is 75.5 cm³/mol. The van der Waals surface area contributed by atoms with Crippen LogP contribution in [-0.2, 0) is 6.42 Å². The van der Waals surface area contributed by atoms with Crippen molar-refractivity contribution in [2.24, 2.45) is 0 Å². The van der Waals surface area contributed by atoms with E-state index in [-0.39, 0.29) is 11.9 Å². The molecule has 1 heterocycles. The zero-order valence-corrected chi connectivity index (χ0v) is 11.9. The highest BCUT2D eigenvalue weighted by Crippen LogP contribution is 2.26. The Bertz CT molecular complexity index is 551. The summed E-state index contributed by atoms with van der Waals surface area (Å²) < 4.78 is 26.9. The first kappa shape index (κ1) is 14.2. The van der Waals surface area contributed by atoms with Crippen LogP contribution >= 0.6 is 11.3 Å². The normalized spacial score (nSPS) is 12.6. The first-order chi connectivity index (χ1) is 9.11. The molecule has 0 amide bonds. The van der Waals surface area contributed by atoms with E-state index in [0.717, 1.165) is 18.2 Å². The van der Waals surface area contributed by atoms with Gasteiger partial charge in [0.25, 0.3) is 0 Å². The summed E-state index contributed by atoms with van der Waals surface area (Å²) in [5, 5.41) is 7.48. The molecule has 1 N–H and O–H groups in total. The zero-order chi connectivity index (χ0) is 13.8. The number of hydrogen-bond acceptors (Lipinski definition) is 2. The van der Waals surface area contributed by atoms with Gasteiger partial charge in [0.05, 0.1) is 0 Å². The lowest BCUT2D eigenvalue weighted by atomic mass is 9.98. The topological polar surface area (TPSA) is 12.0 Å². The maximum absolute atomic E-state index is 13.7. The third-order valence-corrected chi connectivity index (χ3v) is 4.03. The Morgan fingerprint density at radius 3 is 2.68 bits per heavy atom. The molecule has 0 fully saturated rings. The van der Waals surface area contributed by atoms with Crippen LogP contribution in [0.25, 0.3) is 0 Å². The number of benzene rings is 1. The van der Waals surface area contributed by atoms with Crippen molar-refractivity contribution in [1.82, 2.24) is 5.32 Å². The average Bonchev–Trinajstić information content (AvgIpc) is 2.79. The van der Waals surface area contributed by atoms with Crippen molar-refractivity contribution < 1.29 is 8.78 Å². The number of likely N-dealkylation sites (N-methyl/N-ethyl adjacent to an activating group) is 1. The average molecular weight is 281 g/mol. The molecule has 1 nitrogen and oxygen atoms in total. The van der Waals surface area contributed by atoms with Gasteiger partial charge in [-0.05, 0) is 65.5 Å². The van der Waals surface area contributed by atoms with Crippen molar-refractivity contribution >= 4 is 11.3 Å². The smallest absolute Gasteiger partial charge is 0.126 e. The minimum atomic E-state index is -0.395. The number of rotatable bonds is 5. The van der Waals surface area contributed by atoms with Gasteiger partial charge in [0.1, 0.15) is 11.6 Å². The highest BCUT2D eigenvalue weighted by molar-refractivity contribution is 7.08. The SMILES string of the molecule is CCNC(Cc1cc(F)ccc1F)c1cscc1C. The maximum Gasteiger partial charge on any atom is 0.126 e. The largest absolute Gasteiger partial charge is 0.310 e. The molecule has 0 bridgehead atoms. The molecular weight excluding hydrogens is 264 g/mol. The molecule has 0 radical (unpaired) electrons. The Morgan fingerprint density at radius 2 is 2.05 bits per heavy atom. The number of hydrogen-bond donors (Lipinski definition) is 1. The minimum absolute atomic E-state index is 0.0209. The molecule has 1 aromatic carbocycles. The fourth-order valence-corrected chi connectivity index (χ4v) is 3.09. The Kier molecular flexibility index (Phi) is 4.66. The molecule has 2 aromatic rings. The fourth-order valence-electron chi connectivity index (χ4n) is 2.19. The Labute approximate surface area is 116 Å². The van der Waals surface area contributed by atoms with Gasteiger partial charge in [-0.3, -0.25) is 0 Å². The van der Waals surface area contributed by atoms with Crippen LogP contribution < -0.4 is 5.32 Å². The Balaban J connectivity index is 2.26. The van der Waals surface area contributed by atoms with E-state index in [2.05, 4.69) is 16.1 Å². The van der Waals surface area contributed by atoms with E-state index >= 15 is 0 Å². The number of nitrogens with one attached hydrogen (secondary N) is 1. The Hall–Kier alpha value is -1.26. The van der Waals surface area contributed by atoms with Crippen molar-refractivity contribution in [1.29, 1.82) is 0 Å². The third-order valence-electron chi connectivity index (χ3n) is 3.15. The number of thiophene rings is 1. The second-order valence-electron chi connectivity index (χ2n) is 4.56. The van der Waals surface area contributed by atoms with Crippen LogP contribution in [0.3, 0.4) is 0 Å². The molecule has 0 aliphatic carbocycles. The molecule has 102 valence electrons. The highest BCUT2D eigenvalue weighted by Gasteiger charge is 2.16. The van der Waals surface area contributed by atoms with E-state index in [0.29, 0.717) is 12.0 Å². The van der Waals surface area contributed by atoms with Gasteiger partial charge in [0, 0.05) is 6.04 Å². The summed E-state index contributed by atoms with van der Waals surface area (Å²) >= 11 is 1.63. The highest BCUT2D eigenvalue weighted by atomic mass is 32.1. The zero-order valence-electron chi connectivity index (χ0n) is 11.0. The van der Waals surface area contributed by atoms with E-state index < -0.39 is 5.82 Å². The lowest BCUT2D eigenvalue weighted by molar-refractivity contribution is 0.521. The van der Waals surface area contributed by atoms with Crippen LogP contribution in [0.2, 0.25) is 0 Å². The summed E-state index contributed by atoms with van der Waals surface area (Å²) in [5.41, 5.74) is 2.76. The van der Waals surface area contributed by atoms with Gasteiger partial charge in [-0.25, -0.2) is 8.78 Å². The summed E-state index contributed by atoms with van der Waals surface area (Å²) in [7, 11) is 0. The molecular formula is C15H17F2NS. The fraction of sp³-hybridized carbons (Fsp3) is 0.333. The van der Waals surface area contributed by atoms with Gasteiger partial charge in [-0.2, -0.15) is 11.3 Å². The summed E-state index contributed by atoms with van der Waals surface area (Å²) in [4.78, 5) is 0. The van der Waals surface area contributed by atoms with Crippen molar-refractivity contribution in [2.75, 3.05) is 6.54 Å². The van der Waals surface area contributed by atoms with Gasteiger partial charge in [0.2, 0.25) is 0 Å². The first-order valence-electron chi connectivity index (χ1n) is 6.31. The number of aryl methyl sites for hydroxylation is 1. The molecule has 1 aromatic heterocycles. The van der Waals surface area contributed by atoms with E-state index in [4.69, 9.17) is 0 Å². The maximum atomic E-state index is 13.7. The van der Waals surface area contributed by atoms with E-state index in [9.17, 15) is 8.78 Å². The van der Waals surface area contributed by atoms with Crippen molar-refractivity contribution in [2.45, 2.75) is 26.3 Å². The van der Waals surface area contributed by atoms with Gasteiger partial charge in [-0.15, -0.1) is 0 Å². The van der Waals surface area contributed by atoms with E-state index in [1.54, 1.807) is 11.3 Å². The standard InChI is InChI=1S/C15H17F2NS/c1-3-18-15(13-9-19-8-10(13)2)7-11-6-12(16)4-5-14(11)17/h4-6,8-9,15,18H,3,7H2,1-2H3. The molecule has 1 unspecified atom stereocenters. The van der Waals surface area contributed by atoms with Crippen LogP contribution in [0.4, 0.5) is 8.78 Å². The number of halogens is 2.